The fourth-order valence-electron chi connectivity index (χ4n) is 6.74. The van der Waals surface area contributed by atoms with E-state index in [0.29, 0.717) is 90.0 Å². The highest BCUT2D eigenvalue weighted by molar-refractivity contribution is 5.89. The highest BCUT2D eigenvalue weighted by Crippen LogP contribution is 2.34. The second-order valence-electron chi connectivity index (χ2n) is 13.2. The number of carbonyl (C=O) groups is 4. The van der Waals surface area contributed by atoms with Gasteiger partial charge in [-0.2, -0.15) is 13.2 Å². The second kappa shape index (κ2) is 17.7. The molecule has 4 aliphatic rings. The molecule has 0 radical (unpaired) electrons. The third-order valence-electron chi connectivity index (χ3n) is 9.88. The molecule has 3 heterocycles. The van der Waals surface area contributed by atoms with Gasteiger partial charge in [-0.25, -0.2) is 9.59 Å². The fraction of sp³-hybridized carbons (Fsp3) is 0.706. The van der Waals surface area contributed by atoms with Gasteiger partial charge in [-0.05, 0) is 69.1 Å². The average Bonchev–Trinajstić information content (AvgIpc) is 3.30. The van der Waals surface area contributed by atoms with Crippen molar-refractivity contribution in [2.24, 2.45) is 11.8 Å². The van der Waals surface area contributed by atoms with Crippen molar-refractivity contribution in [3.8, 4) is 0 Å². The molecule has 1 unspecified atom stereocenters. The summed E-state index contributed by atoms with van der Waals surface area (Å²) in [5, 5.41) is 11.7. The summed E-state index contributed by atoms with van der Waals surface area (Å²) in [7, 11) is 0. The minimum absolute atomic E-state index is 0.00303. The molecule has 4 fully saturated rings. The summed E-state index contributed by atoms with van der Waals surface area (Å²) in [6.45, 7) is 6.62. The van der Waals surface area contributed by atoms with E-state index in [1.807, 2.05) is 9.80 Å². The van der Waals surface area contributed by atoms with Crippen LogP contribution in [0.2, 0.25) is 0 Å². The lowest BCUT2D eigenvalue weighted by atomic mass is 9.98. The minimum Gasteiger partial charge on any atom is -0.465 e. The van der Waals surface area contributed by atoms with Crippen LogP contribution in [-0.4, -0.2) is 120 Å². The van der Waals surface area contributed by atoms with Gasteiger partial charge >= 0.3 is 18.3 Å². The molecule has 5 amide bonds. The van der Waals surface area contributed by atoms with Crippen LogP contribution in [0.5, 0.6) is 0 Å². The summed E-state index contributed by atoms with van der Waals surface area (Å²) in [5.74, 6) is -0.649. The molecule has 1 aromatic carbocycles. The number of nitrogens with zero attached hydrogens (tertiary/aromatic N) is 4. The number of urea groups is 1. The topological polar surface area (TPSA) is 123 Å². The van der Waals surface area contributed by atoms with Gasteiger partial charge in [0.25, 0.3) is 0 Å². The van der Waals surface area contributed by atoms with Crippen molar-refractivity contribution in [2.75, 3.05) is 70.9 Å². The number of rotatable bonds is 5. The quantitative estimate of drug-likeness (QED) is 0.416. The van der Waals surface area contributed by atoms with E-state index < -0.39 is 18.2 Å². The Balaban J connectivity index is 0.000000246. The van der Waals surface area contributed by atoms with E-state index in [1.54, 1.807) is 4.90 Å². The molecule has 1 saturated carbocycles. The van der Waals surface area contributed by atoms with E-state index in [0.717, 1.165) is 26.2 Å². The molecule has 0 aromatic heterocycles. The Morgan fingerprint density at radius 2 is 1.33 bits per heavy atom. The fourth-order valence-corrected chi connectivity index (χ4v) is 6.74. The first-order chi connectivity index (χ1) is 22.9. The Morgan fingerprint density at radius 3 is 1.96 bits per heavy atom. The predicted molar refractivity (Wildman–Crippen MR) is 174 cm³/mol. The first-order valence-electron chi connectivity index (χ1n) is 17.3. The number of carbonyl (C=O) groups excluding carboxylic acids is 3. The average molecular weight is 682 g/mol. The number of hydrogen-bond acceptors (Lipinski definition) is 5. The van der Waals surface area contributed by atoms with Crippen molar-refractivity contribution in [1.29, 1.82) is 0 Å². The van der Waals surface area contributed by atoms with Crippen molar-refractivity contribution in [2.45, 2.75) is 76.8 Å². The maximum atomic E-state index is 12.8. The molecular formula is C34H50F3N5O6. The van der Waals surface area contributed by atoms with Crippen LogP contribution >= 0.6 is 0 Å². The van der Waals surface area contributed by atoms with Crippen LogP contribution in [-0.2, 0) is 14.3 Å². The van der Waals surface area contributed by atoms with Gasteiger partial charge in [0.15, 0.2) is 0 Å². The molecule has 11 nitrogen and oxygen atoms in total. The van der Waals surface area contributed by atoms with Crippen LogP contribution in [0.25, 0.3) is 0 Å². The monoisotopic (exact) mass is 681 g/mol. The zero-order chi connectivity index (χ0) is 34.7. The Bertz CT molecular complexity index is 1220. The van der Waals surface area contributed by atoms with E-state index in [1.165, 1.54) is 54.8 Å². The lowest BCUT2D eigenvalue weighted by molar-refractivity contribution is -0.146. The van der Waals surface area contributed by atoms with Crippen molar-refractivity contribution in [3.63, 3.8) is 0 Å². The number of alkyl halides is 3. The standard InChI is InChI=1S/C21H28F3N3O3.C13H22N2O3/c1-15(21(22,23)24)16-3-5-18(6-4-16)25-20(29)27-10-2-9-26(11-12-27)19(28)17-7-13-30-14-8-17;16-12(10-11-4-1-2-5-11)14-6-3-7-15(9-8-14)13(17)18/h3-6,15,17H,2,7-14H2,1H3,(H,25,29);11H,1-10H2,(H,17,18). The van der Waals surface area contributed by atoms with E-state index in [2.05, 4.69) is 5.32 Å². The van der Waals surface area contributed by atoms with Crippen molar-refractivity contribution < 1.29 is 42.2 Å². The zero-order valence-corrected chi connectivity index (χ0v) is 27.9. The molecule has 1 atom stereocenters. The first kappa shape index (κ1) is 37.3. The Kier molecular flexibility index (Phi) is 13.8. The van der Waals surface area contributed by atoms with Crippen molar-refractivity contribution in [1.82, 2.24) is 19.6 Å². The van der Waals surface area contributed by atoms with E-state index >= 15 is 0 Å². The summed E-state index contributed by atoms with van der Waals surface area (Å²) in [4.78, 5) is 55.0. The van der Waals surface area contributed by atoms with Gasteiger partial charge in [0.2, 0.25) is 11.8 Å². The molecule has 3 aliphatic heterocycles. The lowest BCUT2D eigenvalue weighted by Gasteiger charge is -2.28. The molecule has 0 spiro atoms. The van der Waals surface area contributed by atoms with E-state index in [9.17, 15) is 32.3 Å². The molecule has 14 heteroatoms. The number of amides is 5. The number of anilines is 1. The number of ether oxygens (including phenoxy) is 1. The zero-order valence-electron chi connectivity index (χ0n) is 27.9. The smallest absolute Gasteiger partial charge is 0.407 e. The van der Waals surface area contributed by atoms with Crippen LogP contribution in [0.3, 0.4) is 0 Å². The highest BCUT2D eigenvalue weighted by Gasteiger charge is 2.37. The van der Waals surface area contributed by atoms with Gasteiger partial charge < -0.3 is 34.8 Å². The number of benzene rings is 1. The lowest BCUT2D eigenvalue weighted by Crippen LogP contribution is -2.42. The van der Waals surface area contributed by atoms with Gasteiger partial charge in [0, 0.05) is 83.6 Å². The molecule has 48 heavy (non-hydrogen) atoms. The number of hydrogen-bond donors (Lipinski definition) is 2. The number of carboxylic acid groups (broad SMARTS) is 1. The largest absolute Gasteiger partial charge is 0.465 e. The summed E-state index contributed by atoms with van der Waals surface area (Å²) in [6.07, 6.45) is 3.27. The molecule has 5 rings (SSSR count). The van der Waals surface area contributed by atoms with Gasteiger partial charge in [0.1, 0.15) is 0 Å². The van der Waals surface area contributed by atoms with Crippen LogP contribution in [0.15, 0.2) is 24.3 Å². The summed E-state index contributed by atoms with van der Waals surface area (Å²) >= 11 is 0. The van der Waals surface area contributed by atoms with Gasteiger partial charge in [0.05, 0.1) is 5.92 Å². The Morgan fingerprint density at radius 1 is 0.792 bits per heavy atom. The Hall–Kier alpha value is -3.55. The van der Waals surface area contributed by atoms with Crippen LogP contribution < -0.4 is 5.32 Å². The minimum atomic E-state index is -4.30. The summed E-state index contributed by atoms with van der Waals surface area (Å²) < 4.78 is 43.8. The van der Waals surface area contributed by atoms with Crippen LogP contribution in [0.4, 0.5) is 28.4 Å². The number of halogens is 3. The summed E-state index contributed by atoms with van der Waals surface area (Å²) in [6, 6.07) is 5.41. The SMILES string of the molecule is CC(c1ccc(NC(=O)N2CCCN(C(=O)C3CCOCC3)CC2)cc1)C(F)(F)F.O=C(O)N1CCCN(C(=O)CC2CCCC2)CC1. The van der Waals surface area contributed by atoms with Gasteiger partial charge in [-0.1, -0.05) is 25.0 Å². The van der Waals surface area contributed by atoms with E-state index in [4.69, 9.17) is 9.84 Å². The number of nitrogens with one attached hydrogen (secondary N) is 1. The second-order valence-corrected chi connectivity index (χ2v) is 13.2. The molecule has 2 N–H and O–H groups in total. The maximum absolute atomic E-state index is 12.8. The highest BCUT2D eigenvalue weighted by atomic mass is 19.4. The molecule has 1 aliphatic carbocycles. The van der Waals surface area contributed by atoms with E-state index in [-0.39, 0.29) is 29.3 Å². The Labute approximate surface area is 280 Å². The third kappa shape index (κ3) is 11.0. The molecule has 268 valence electrons. The van der Waals surface area contributed by atoms with Gasteiger partial charge in [-0.15, -0.1) is 0 Å². The van der Waals surface area contributed by atoms with Gasteiger partial charge in [-0.3, -0.25) is 9.59 Å². The summed E-state index contributed by atoms with van der Waals surface area (Å²) in [5.41, 5.74) is 0.593. The first-order valence-corrected chi connectivity index (χ1v) is 17.3. The molecule has 3 saturated heterocycles. The van der Waals surface area contributed by atoms with Crippen LogP contribution in [0, 0.1) is 11.8 Å². The molecule has 1 aromatic rings. The molecular weight excluding hydrogens is 631 g/mol. The maximum Gasteiger partial charge on any atom is 0.407 e. The van der Waals surface area contributed by atoms with Crippen molar-refractivity contribution in [3.05, 3.63) is 29.8 Å². The third-order valence-corrected chi connectivity index (χ3v) is 9.88. The molecule has 0 bridgehead atoms. The predicted octanol–water partition coefficient (Wildman–Crippen LogP) is 5.62. The normalized spacial score (nSPS) is 20.7. The van der Waals surface area contributed by atoms with Crippen LogP contribution in [0.1, 0.15) is 76.2 Å². The van der Waals surface area contributed by atoms with Crippen molar-refractivity contribution >= 4 is 29.6 Å².